The highest BCUT2D eigenvalue weighted by atomic mass is 19.1. The molecule has 3 aromatic rings. The number of halogens is 2. The number of benzene rings is 3. The topological polar surface area (TPSA) is 47.6 Å². The highest BCUT2D eigenvalue weighted by Gasteiger charge is 2.12. The van der Waals surface area contributed by atoms with E-state index in [-0.39, 0.29) is 6.61 Å². The number of para-hydroxylation sites is 1. The van der Waals surface area contributed by atoms with Gasteiger partial charge in [-0.1, -0.05) is 36.4 Å². The second-order valence-corrected chi connectivity index (χ2v) is 5.68. The van der Waals surface area contributed by atoms with Gasteiger partial charge in [0, 0.05) is 0 Å². The summed E-state index contributed by atoms with van der Waals surface area (Å²) in [6.07, 6.45) is 0. The lowest BCUT2D eigenvalue weighted by atomic mass is 10.2. The third-order valence-electron chi connectivity index (χ3n) is 3.67. The van der Waals surface area contributed by atoms with Crippen LogP contribution >= 0.6 is 0 Å². The molecule has 138 valence electrons. The lowest BCUT2D eigenvalue weighted by Gasteiger charge is -2.10. The van der Waals surface area contributed by atoms with Crippen molar-refractivity contribution in [2.75, 3.05) is 11.9 Å². The summed E-state index contributed by atoms with van der Waals surface area (Å²) in [6.45, 7) is 0.0651. The van der Waals surface area contributed by atoms with Crippen molar-refractivity contribution in [3.63, 3.8) is 0 Å². The minimum atomic E-state index is -0.844. The average Bonchev–Trinajstić information content (AvgIpc) is 2.69. The van der Waals surface area contributed by atoms with Crippen LogP contribution in [0.1, 0.15) is 5.56 Å². The molecule has 1 amide bonds. The van der Waals surface area contributed by atoms with Crippen LogP contribution in [0.4, 0.5) is 14.5 Å². The monoisotopic (exact) mass is 369 g/mol. The van der Waals surface area contributed by atoms with Crippen LogP contribution in [0.15, 0.2) is 72.8 Å². The summed E-state index contributed by atoms with van der Waals surface area (Å²) in [5.41, 5.74) is 0.561. The van der Waals surface area contributed by atoms with Crippen molar-refractivity contribution in [3.8, 4) is 11.5 Å². The molecule has 0 aliphatic heterocycles. The van der Waals surface area contributed by atoms with Crippen molar-refractivity contribution in [2.24, 2.45) is 0 Å². The highest BCUT2D eigenvalue weighted by molar-refractivity contribution is 5.92. The summed E-state index contributed by atoms with van der Waals surface area (Å²) >= 11 is 0. The lowest BCUT2D eigenvalue weighted by molar-refractivity contribution is -0.118. The number of ether oxygens (including phenoxy) is 2. The zero-order chi connectivity index (χ0) is 19.1. The van der Waals surface area contributed by atoms with Gasteiger partial charge in [-0.2, -0.15) is 0 Å². The van der Waals surface area contributed by atoms with E-state index in [2.05, 4.69) is 5.32 Å². The Hall–Kier alpha value is -3.41. The van der Waals surface area contributed by atoms with Crippen LogP contribution in [-0.4, -0.2) is 12.5 Å². The molecule has 0 saturated carbocycles. The number of nitrogens with one attached hydrogen (secondary N) is 1. The number of amides is 1. The molecule has 0 saturated heterocycles. The smallest absolute Gasteiger partial charge is 0.262 e. The maximum atomic E-state index is 13.5. The molecule has 0 heterocycles. The van der Waals surface area contributed by atoms with E-state index in [0.29, 0.717) is 18.1 Å². The molecule has 0 aliphatic rings. The SMILES string of the molecule is O=C(COc1ccc(OCc2ccccc2)cc1)Nc1c(F)cccc1F. The molecule has 4 nitrogen and oxygen atoms in total. The molecule has 0 unspecified atom stereocenters. The van der Waals surface area contributed by atoms with Gasteiger partial charge >= 0.3 is 0 Å². The van der Waals surface area contributed by atoms with Crippen molar-refractivity contribution in [1.29, 1.82) is 0 Å². The second kappa shape index (κ2) is 8.80. The van der Waals surface area contributed by atoms with E-state index < -0.39 is 23.2 Å². The summed E-state index contributed by atoms with van der Waals surface area (Å²) in [6, 6.07) is 19.8. The average molecular weight is 369 g/mol. The quantitative estimate of drug-likeness (QED) is 0.664. The van der Waals surface area contributed by atoms with Crippen LogP contribution in [0.25, 0.3) is 0 Å². The van der Waals surface area contributed by atoms with Crippen LogP contribution in [0.5, 0.6) is 11.5 Å². The molecule has 0 bridgehead atoms. The van der Waals surface area contributed by atoms with Crippen LogP contribution in [-0.2, 0) is 11.4 Å². The molecule has 1 N–H and O–H groups in total. The molecular formula is C21H17F2NO3. The molecule has 27 heavy (non-hydrogen) atoms. The third-order valence-corrected chi connectivity index (χ3v) is 3.67. The Morgan fingerprint density at radius 1 is 0.778 bits per heavy atom. The lowest BCUT2D eigenvalue weighted by Crippen LogP contribution is -2.21. The Labute approximate surface area is 155 Å². The van der Waals surface area contributed by atoms with Gasteiger partial charge in [0.05, 0.1) is 0 Å². The largest absolute Gasteiger partial charge is 0.489 e. The predicted octanol–water partition coefficient (Wildman–Crippen LogP) is 4.56. The second-order valence-electron chi connectivity index (χ2n) is 5.68. The minimum absolute atomic E-state index is 0.377. The summed E-state index contributed by atoms with van der Waals surface area (Å²) in [7, 11) is 0. The van der Waals surface area contributed by atoms with Gasteiger partial charge in [-0.15, -0.1) is 0 Å². The van der Waals surface area contributed by atoms with Crippen molar-refractivity contribution in [2.45, 2.75) is 6.61 Å². The minimum Gasteiger partial charge on any atom is -0.489 e. The summed E-state index contributed by atoms with van der Waals surface area (Å²) in [4.78, 5) is 11.8. The van der Waals surface area contributed by atoms with Crippen molar-refractivity contribution >= 4 is 11.6 Å². The number of anilines is 1. The first-order valence-electron chi connectivity index (χ1n) is 8.25. The summed E-state index contributed by atoms with van der Waals surface area (Å²) in [5, 5.41) is 2.16. The third kappa shape index (κ3) is 5.28. The molecule has 0 fully saturated rings. The number of hydrogen-bond acceptors (Lipinski definition) is 3. The van der Waals surface area contributed by atoms with Gasteiger partial charge in [-0.05, 0) is 42.0 Å². The molecule has 6 heteroatoms. The van der Waals surface area contributed by atoms with Gasteiger partial charge < -0.3 is 14.8 Å². The van der Waals surface area contributed by atoms with Crippen molar-refractivity contribution < 1.29 is 23.0 Å². The van der Waals surface area contributed by atoms with Gasteiger partial charge in [0.1, 0.15) is 35.4 Å². The molecular weight excluding hydrogens is 352 g/mol. The Kier molecular flexibility index (Phi) is 5.99. The standard InChI is InChI=1S/C21H17F2NO3/c22-18-7-4-8-19(23)21(18)24-20(25)14-27-17-11-9-16(10-12-17)26-13-15-5-2-1-3-6-15/h1-12H,13-14H2,(H,24,25). The number of rotatable bonds is 7. The van der Waals surface area contributed by atoms with E-state index in [0.717, 1.165) is 17.7 Å². The van der Waals surface area contributed by atoms with Gasteiger partial charge in [0.2, 0.25) is 0 Å². The normalized spacial score (nSPS) is 10.3. The van der Waals surface area contributed by atoms with Crippen molar-refractivity contribution in [1.82, 2.24) is 0 Å². The first kappa shape index (κ1) is 18.4. The Balaban J connectivity index is 1.49. The molecule has 3 rings (SSSR count). The van der Waals surface area contributed by atoms with Crippen LogP contribution in [0.2, 0.25) is 0 Å². The van der Waals surface area contributed by atoms with E-state index in [1.54, 1.807) is 24.3 Å². The number of hydrogen-bond donors (Lipinski definition) is 1. The molecule has 0 radical (unpaired) electrons. The maximum absolute atomic E-state index is 13.5. The Morgan fingerprint density at radius 2 is 1.37 bits per heavy atom. The van der Waals surface area contributed by atoms with Crippen LogP contribution in [0, 0.1) is 11.6 Å². The molecule has 0 aliphatic carbocycles. The fourth-order valence-electron chi connectivity index (χ4n) is 2.31. The van der Waals surface area contributed by atoms with Crippen LogP contribution < -0.4 is 14.8 Å². The zero-order valence-electron chi connectivity index (χ0n) is 14.3. The number of carbonyl (C=O) groups excluding carboxylic acids is 1. The van der Waals surface area contributed by atoms with Gasteiger partial charge in [-0.25, -0.2) is 8.78 Å². The van der Waals surface area contributed by atoms with E-state index in [1.165, 1.54) is 6.07 Å². The van der Waals surface area contributed by atoms with E-state index in [4.69, 9.17) is 9.47 Å². The first-order chi connectivity index (χ1) is 13.1. The van der Waals surface area contributed by atoms with Gasteiger partial charge in [-0.3, -0.25) is 4.79 Å². The predicted molar refractivity (Wildman–Crippen MR) is 97.7 cm³/mol. The van der Waals surface area contributed by atoms with Crippen molar-refractivity contribution in [3.05, 3.63) is 90.0 Å². The van der Waals surface area contributed by atoms with Crippen LogP contribution in [0.3, 0.4) is 0 Å². The van der Waals surface area contributed by atoms with E-state index in [1.807, 2.05) is 30.3 Å². The fraction of sp³-hybridized carbons (Fsp3) is 0.0952. The van der Waals surface area contributed by atoms with E-state index in [9.17, 15) is 13.6 Å². The molecule has 0 aromatic heterocycles. The molecule has 3 aromatic carbocycles. The maximum Gasteiger partial charge on any atom is 0.262 e. The highest BCUT2D eigenvalue weighted by Crippen LogP contribution is 2.20. The first-order valence-corrected chi connectivity index (χ1v) is 8.25. The van der Waals surface area contributed by atoms with Gasteiger partial charge in [0.25, 0.3) is 5.91 Å². The fourth-order valence-corrected chi connectivity index (χ4v) is 2.31. The van der Waals surface area contributed by atoms with E-state index >= 15 is 0 Å². The van der Waals surface area contributed by atoms with Gasteiger partial charge in [0.15, 0.2) is 6.61 Å². The number of carbonyl (C=O) groups is 1. The zero-order valence-corrected chi connectivity index (χ0v) is 14.3. The Morgan fingerprint density at radius 3 is 2.00 bits per heavy atom. The molecule has 0 atom stereocenters. The summed E-state index contributed by atoms with van der Waals surface area (Å²) in [5.74, 6) is -1.26. The molecule has 0 spiro atoms. The Bertz CT molecular complexity index is 879. The summed E-state index contributed by atoms with van der Waals surface area (Å²) < 4.78 is 38.0.